The molecule has 8 aromatic carbocycles. The number of rotatable bonds is 6. The molecular weight excluding hydrogens is 703 g/mol. The first-order valence-corrected chi connectivity index (χ1v) is 19.5. The van der Waals surface area contributed by atoms with E-state index in [1.165, 1.54) is 20.2 Å². The average Bonchev–Trinajstić information content (AvgIpc) is 3.85. The lowest BCUT2D eigenvalue weighted by molar-refractivity contribution is 0.670. The number of para-hydroxylation sites is 1. The highest BCUT2D eigenvalue weighted by Crippen LogP contribution is 2.44. The minimum atomic E-state index is 0.643. The molecule has 0 bridgehead atoms. The summed E-state index contributed by atoms with van der Waals surface area (Å²) < 4.78 is 8.98. The van der Waals surface area contributed by atoms with Gasteiger partial charge in [-0.3, -0.25) is 0 Å². The third-order valence-electron chi connectivity index (χ3n) is 10.5. The van der Waals surface area contributed by atoms with Gasteiger partial charge in [0.2, 0.25) is 0 Å². The summed E-state index contributed by atoms with van der Waals surface area (Å²) in [6, 6.07) is 65.6. The van der Waals surface area contributed by atoms with E-state index in [0.29, 0.717) is 17.5 Å². The summed E-state index contributed by atoms with van der Waals surface area (Å²) in [7, 11) is 0. The van der Waals surface area contributed by atoms with Gasteiger partial charge < -0.3 is 4.42 Å². The zero-order valence-electron chi connectivity index (χ0n) is 30.1. The first kappa shape index (κ1) is 32.2. The number of aromatic nitrogens is 3. The molecule has 11 rings (SSSR count). The van der Waals surface area contributed by atoms with Gasteiger partial charge in [-0.05, 0) is 58.1 Å². The molecule has 0 radical (unpaired) electrons. The van der Waals surface area contributed by atoms with E-state index in [4.69, 9.17) is 19.4 Å². The standard InChI is InChI=1S/C51H31N3OS/c1-4-13-32(14-5-1)35-19-12-20-37(29-35)50-52-49(34-17-8-3-9-18-34)53-51(54-50)38-24-26-42-41-25-23-36(30-45(41)56-46(42)31-38)39-27-28-40(33-15-6-2-7-16-33)48-47(39)43-21-10-11-22-44(43)55-48/h1-31H. The predicted molar refractivity (Wildman–Crippen MR) is 233 cm³/mol. The maximum Gasteiger partial charge on any atom is 0.164 e. The molecule has 4 nitrogen and oxygen atoms in total. The van der Waals surface area contributed by atoms with Crippen molar-refractivity contribution in [3.8, 4) is 67.5 Å². The molecule has 0 fully saturated rings. The van der Waals surface area contributed by atoms with Crippen LogP contribution < -0.4 is 0 Å². The van der Waals surface area contributed by atoms with E-state index in [0.717, 1.165) is 72.0 Å². The molecular formula is C51H31N3OS. The van der Waals surface area contributed by atoms with E-state index < -0.39 is 0 Å². The van der Waals surface area contributed by atoms with Crippen molar-refractivity contribution >= 4 is 53.4 Å². The Hall–Kier alpha value is -7.21. The Balaban J connectivity index is 1.03. The molecule has 0 saturated carbocycles. The van der Waals surface area contributed by atoms with Crippen molar-refractivity contribution in [1.82, 2.24) is 15.0 Å². The lowest BCUT2D eigenvalue weighted by atomic mass is 9.94. The monoisotopic (exact) mass is 733 g/mol. The largest absolute Gasteiger partial charge is 0.455 e. The molecule has 262 valence electrons. The molecule has 3 heterocycles. The summed E-state index contributed by atoms with van der Waals surface area (Å²) in [6.07, 6.45) is 0. The summed E-state index contributed by atoms with van der Waals surface area (Å²) in [6.45, 7) is 0. The SMILES string of the molecule is c1ccc(-c2cccc(-c3nc(-c4ccccc4)nc(-c4ccc5c(c4)sc4cc(-c6ccc(-c7ccccc7)c7oc8ccccc8c67)ccc45)n3)c2)cc1. The van der Waals surface area contributed by atoms with Crippen LogP contribution in [-0.4, -0.2) is 15.0 Å². The van der Waals surface area contributed by atoms with Gasteiger partial charge >= 0.3 is 0 Å². The topological polar surface area (TPSA) is 51.8 Å². The van der Waals surface area contributed by atoms with Crippen molar-refractivity contribution in [2.45, 2.75) is 0 Å². The Labute approximate surface area is 327 Å². The smallest absolute Gasteiger partial charge is 0.164 e. The van der Waals surface area contributed by atoms with Gasteiger partial charge in [0.15, 0.2) is 17.5 Å². The zero-order chi connectivity index (χ0) is 37.0. The van der Waals surface area contributed by atoms with Gasteiger partial charge in [0.25, 0.3) is 0 Å². The van der Waals surface area contributed by atoms with Gasteiger partial charge in [0, 0.05) is 53.2 Å². The minimum Gasteiger partial charge on any atom is -0.455 e. The molecule has 0 N–H and O–H groups in total. The Morgan fingerprint density at radius 1 is 0.339 bits per heavy atom. The first-order valence-electron chi connectivity index (χ1n) is 18.7. The van der Waals surface area contributed by atoms with Gasteiger partial charge in [0.05, 0.1) is 0 Å². The van der Waals surface area contributed by atoms with Crippen molar-refractivity contribution in [3.63, 3.8) is 0 Å². The Morgan fingerprint density at radius 2 is 0.857 bits per heavy atom. The highest BCUT2D eigenvalue weighted by molar-refractivity contribution is 7.25. The maximum absolute atomic E-state index is 6.58. The normalized spacial score (nSPS) is 11.6. The van der Waals surface area contributed by atoms with Crippen molar-refractivity contribution < 1.29 is 4.42 Å². The highest BCUT2D eigenvalue weighted by atomic mass is 32.1. The predicted octanol–water partition coefficient (Wildman–Crippen LogP) is 14.1. The van der Waals surface area contributed by atoms with E-state index in [1.807, 2.05) is 48.5 Å². The molecule has 5 heteroatoms. The van der Waals surface area contributed by atoms with Gasteiger partial charge in [0.1, 0.15) is 11.2 Å². The van der Waals surface area contributed by atoms with Crippen LogP contribution in [-0.2, 0) is 0 Å². The van der Waals surface area contributed by atoms with Crippen LogP contribution in [0.1, 0.15) is 0 Å². The van der Waals surface area contributed by atoms with Crippen LogP contribution >= 0.6 is 11.3 Å². The fourth-order valence-corrected chi connectivity index (χ4v) is 9.00. The fourth-order valence-electron chi connectivity index (χ4n) is 7.82. The molecule has 0 aliphatic carbocycles. The van der Waals surface area contributed by atoms with Crippen molar-refractivity contribution in [2.24, 2.45) is 0 Å². The molecule has 3 aromatic heterocycles. The summed E-state index contributed by atoms with van der Waals surface area (Å²) in [4.78, 5) is 15.1. The second-order valence-corrected chi connectivity index (χ2v) is 15.1. The van der Waals surface area contributed by atoms with Gasteiger partial charge in [-0.25, -0.2) is 15.0 Å². The number of hydrogen-bond acceptors (Lipinski definition) is 5. The molecule has 0 saturated heterocycles. The van der Waals surface area contributed by atoms with Crippen molar-refractivity contribution in [1.29, 1.82) is 0 Å². The number of furan rings is 1. The van der Waals surface area contributed by atoms with Crippen LogP contribution in [0, 0.1) is 0 Å². The lowest BCUT2D eigenvalue weighted by Gasteiger charge is -2.10. The molecule has 0 atom stereocenters. The summed E-state index contributed by atoms with van der Waals surface area (Å²) in [5, 5.41) is 4.70. The Kier molecular flexibility index (Phi) is 7.64. The van der Waals surface area contributed by atoms with Crippen LogP contribution in [0.5, 0.6) is 0 Å². The third-order valence-corrected chi connectivity index (χ3v) is 11.7. The van der Waals surface area contributed by atoms with E-state index in [1.54, 1.807) is 11.3 Å². The molecule has 0 unspecified atom stereocenters. The lowest BCUT2D eigenvalue weighted by Crippen LogP contribution is -2.00. The van der Waals surface area contributed by atoms with E-state index >= 15 is 0 Å². The molecule has 56 heavy (non-hydrogen) atoms. The molecule has 0 aliphatic rings. The Morgan fingerprint density at radius 3 is 1.57 bits per heavy atom. The van der Waals surface area contributed by atoms with Crippen molar-refractivity contribution in [3.05, 3.63) is 188 Å². The van der Waals surface area contributed by atoms with E-state index in [9.17, 15) is 0 Å². The minimum absolute atomic E-state index is 0.643. The zero-order valence-corrected chi connectivity index (χ0v) is 30.9. The van der Waals surface area contributed by atoms with Crippen molar-refractivity contribution in [2.75, 3.05) is 0 Å². The van der Waals surface area contributed by atoms with Gasteiger partial charge in [-0.15, -0.1) is 11.3 Å². The number of benzene rings is 8. The number of hydrogen-bond donors (Lipinski definition) is 0. The molecule has 11 aromatic rings. The fraction of sp³-hybridized carbons (Fsp3) is 0. The second kappa shape index (κ2) is 13.3. The van der Waals surface area contributed by atoms with Crippen LogP contribution in [0.25, 0.3) is 110 Å². The van der Waals surface area contributed by atoms with Crippen LogP contribution in [0.3, 0.4) is 0 Å². The van der Waals surface area contributed by atoms with E-state index in [-0.39, 0.29) is 0 Å². The number of fused-ring (bicyclic) bond motifs is 6. The number of nitrogens with zero attached hydrogens (tertiary/aromatic N) is 3. The highest BCUT2D eigenvalue weighted by Gasteiger charge is 2.19. The summed E-state index contributed by atoms with van der Waals surface area (Å²) in [5.41, 5.74) is 11.5. The average molecular weight is 734 g/mol. The van der Waals surface area contributed by atoms with E-state index in [2.05, 4.69) is 140 Å². The van der Waals surface area contributed by atoms with Crippen LogP contribution in [0.4, 0.5) is 0 Å². The second-order valence-electron chi connectivity index (χ2n) is 14.0. The first-order chi connectivity index (χ1) is 27.7. The quantitative estimate of drug-likeness (QED) is 0.171. The summed E-state index contributed by atoms with van der Waals surface area (Å²) in [5.74, 6) is 1.93. The third kappa shape index (κ3) is 5.56. The van der Waals surface area contributed by atoms with Crippen LogP contribution in [0.2, 0.25) is 0 Å². The van der Waals surface area contributed by atoms with Gasteiger partial charge in [-0.1, -0.05) is 158 Å². The Bertz CT molecular complexity index is 3240. The van der Waals surface area contributed by atoms with Crippen LogP contribution in [0.15, 0.2) is 192 Å². The molecule has 0 spiro atoms. The van der Waals surface area contributed by atoms with Gasteiger partial charge in [-0.2, -0.15) is 0 Å². The maximum atomic E-state index is 6.58. The number of thiophene rings is 1. The summed E-state index contributed by atoms with van der Waals surface area (Å²) >= 11 is 1.80. The molecule has 0 amide bonds. The molecule has 0 aliphatic heterocycles.